The lowest BCUT2D eigenvalue weighted by Gasteiger charge is -2.32. The molecule has 0 bridgehead atoms. The zero-order chi connectivity index (χ0) is 14.4. The molecule has 1 aromatic carbocycles. The highest BCUT2D eigenvalue weighted by Gasteiger charge is 2.20. The SMILES string of the molecule is COCCN1CCC(NC(=O)c2cccc(N)c2)CC1. The Balaban J connectivity index is 1.79. The molecule has 0 aromatic heterocycles. The van der Waals surface area contributed by atoms with Gasteiger partial charge in [0.25, 0.3) is 5.91 Å². The van der Waals surface area contributed by atoms with Gasteiger partial charge in [-0.1, -0.05) is 6.07 Å². The number of likely N-dealkylation sites (tertiary alicyclic amines) is 1. The smallest absolute Gasteiger partial charge is 0.251 e. The largest absolute Gasteiger partial charge is 0.399 e. The second-order valence-electron chi connectivity index (χ2n) is 5.21. The van der Waals surface area contributed by atoms with Gasteiger partial charge in [-0.2, -0.15) is 0 Å². The fourth-order valence-corrected chi connectivity index (χ4v) is 2.47. The number of piperidine rings is 1. The van der Waals surface area contributed by atoms with Gasteiger partial charge < -0.3 is 20.7 Å². The molecule has 2 rings (SSSR count). The minimum atomic E-state index is -0.0346. The van der Waals surface area contributed by atoms with Crippen molar-refractivity contribution < 1.29 is 9.53 Å². The van der Waals surface area contributed by atoms with E-state index in [4.69, 9.17) is 10.5 Å². The number of carbonyl (C=O) groups excluding carboxylic acids is 1. The van der Waals surface area contributed by atoms with Gasteiger partial charge in [-0.05, 0) is 31.0 Å². The number of rotatable bonds is 5. The molecule has 0 saturated carbocycles. The number of hydrogen-bond acceptors (Lipinski definition) is 4. The molecular formula is C15H23N3O2. The van der Waals surface area contributed by atoms with Crippen LogP contribution >= 0.6 is 0 Å². The molecule has 1 aromatic rings. The van der Waals surface area contributed by atoms with Gasteiger partial charge in [-0.25, -0.2) is 0 Å². The summed E-state index contributed by atoms with van der Waals surface area (Å²) in [5, 5.41) is 3.09. The van der Waals surface area contributed by atoms with Crippen LogP contribution in [0.25, 0.3) is 0 Å². The van der Waals surface area contributed by atoms with Gasteiger partial charge in [0, 0.05) is 44.0 Å². The van der Waals surface area contributed by atoms with Crippen molar-refractivity contribution in [3.63, 3.8) is 0 Å². The average molecular weight is 277 g/mol. The highest BCUT2D eigenvalue weighted by molar-refractivity contribution is 5.95. The Bertz CT molecular complexity index is 442. The van der Waals surface area contributed by atoms with Crippen LogP contribution in [0.1, 0.15) is 23.2 Å². The number of ether oxygens (including phenoxy) is 1. The van der Waals surface area contributed by atoms with Crippen molar-refractivity contribution in [2.45, 2.75) is 18.9 Å². The Hall–Kier alpha value is -1.59. The van der Waals surface area contributed by atoms with Gasteiger partial charge in [-0.15, -0.1) is 0 Å². The first-order valence-electron chi connectivity index (χ1n) is 7.06. The Morgan fingerprint density at radius 1 is 1.45 bits per heavy atom. The monoisotopic (exact) mass is 277 g/mol. The number of nitrogen functional groups attached to an aromatic ring is 1. The maximum atomic E-state index is 12.1. The van der Waals surface area contributed by atoms with E-state index in [1.807, 2.05) is 0 Å². The lowest BCUT2D eigenvalue weighted by Crippen LogP contribution is -2.45. The van der Waals surface area contributed by atoms with Gasteiger partial charge in [0.15, 0.2) is 0 Å². The number of nitrogens with two attached hydrogens (primary N) is 1. The second kappa shape index (κ2) is 7.26. The predicted molar refractivity (Wildman–Crippen MR) is 79.7 cm³/mol. The molecule has 0 aliphatic carbocycles. The average Bonchev–Trinajstić information content (AvgIpc) is 2.46. The van der Waals surface area contributed by atoms with E-state index in [9.17, 15) is 4.79 Å². The van der Waals surface area contributed by atoms with E-state index in [0.29, 0.717) is 11.3 Å². The first kappa shape index (κ1) is 14.8. The molecule has 0 radical (unpaired) electrons. The zero-order valence-electron chi connectivity index (χ0n) is 12.0. The van der Waals surface area contributed by atoms with E-state index in [-0.39, 0.29) is 11.9 Å². The Kier molecular flexibility index (Phi) is 5.38. The minimum absolute atomic E-state index is 0.0346. The van der Waals surface area contributed by atoms with E-state index >= 15 is 0 Å². The number of amides is 1. The molecule has 5 heteroatoms. The first-order chi connectivity index (χ1) is 9.69. The third-order valence-corrected chi connectivity index (χ3v) is 3.68. The molecule has 1 aliphatic heterocycles. The van der Waals surface area contributed by atoms with Crippen molar-refractivity contribution in [2.24, 2.45) is 0 Å². The van der Waals surface area contributed by atoms with E-state index in [0.717, 1.165) is 39.1 Å². The molecular weight excluding hydrogens is 254 g/mol. The Morgan fingerprint density at radius 3 is 2.85 bits per heavy atom. The van der Waals surface area contributed by atoms with Crippen LogP contribution in [0.15, 0.2) is 24.3 Å². The summed E-state index contributed by atoms with van der Waals surface area (Å²) < 4.78 is 5.08. The topological polar surface area (TPSA) is 67.6 Å². The summed E-state index contributed by atoms with van der Waals surface area (Å²) in [4.78, 5) is 14.5. The van der Waals surface area contributed by atoms with E-state index in [2.05, 4.69) is 10.2 Å². The lowest BCUT2D eigenvalue weighted by atomic mass is 10.0. The number of hydrogen-bond donors (Lipinski definition) is 2. The van der Waals surface area contributed by atoms with Gasteiger partial charge in [-0.3, -0.25) is 4.79 Å². The summed E-state index contributed by atoms with van der Waals surface area (Å²) in [5.41, 5.74) is 6.94. The fraction of sp³-hybridized carbons (Fsp3) is 0.533. The summed E-state index contributed by atoms with van der Waals surface area (Å²) in [5.74, 6) is -0.0346. The van der Waals surface area contributed by atoms with Crippen LogP contribution in [0.4, 0.5) is 5.69 Å². The number of methoxy groups -OCH3 is 1. The number of nitrogens with zero attached hydrogens (tertiary/aromatic N) is 1. The van der Waals surface area contributed by atoms with Crippen LogP contribution < -0.4 is 11.1 Å². The van der Waals surface area contributed by atoms with E-state index < -0.39 is 0 Å². The number of carbonyl (C=O) groups is 1. The van der Waals surface area contributed by atoms with Crippen LogP contribution in [0.2, 0.25) is 0 Å². The number of anilines is 1. The standard InChI is InChI=1S/C15H23N3O2/c1-20-10-9-18-7-5-14(6-8-18)17-15(19)12-3-2-4-13(16)11-12/h2-4,11,14H,5-10,16H2,1H3,(H,17,19). The summed E-state index contributed by atoms with van der Waals surface area (Å²) in [6.45, 7) is 3.74. The fourth-order valence-electron chi connectivity index (χ4n) is 2.47. The van der Waals surface area contributed by atoms with Gasteiger partial charge in [0.2, 0.25) is 0 Å². The molecule has 0 atom stereocenters. The molecule has 3 N–H and O–H groups in total. The van der Waals surface area contributed by atoms with E-state index in [1.54, 1.807) is 31.4 Å². The number of nitrogens with one attached hydrogen (secondary N) is 1. The predicted octanol–water partition coefficient (Wildman–Crippen LogP) is 1.11. The normalized spacial score (nSPS) is 17.1. The zero-order valence-corrected chi connectivity index (χ0v) is 12.0. The van der Waals surface area contributed by atoms with Crippen LogP contribution in [-0.2, 0) is 4.74 Å². The van der Waals surface area contributed by atoms with Crippen LogP contribution in [0.3, 0.4) is 0 Å². The highest BCUT2D eigenvalue weighted by Crippen LogP contribution is 2.12. The van der Waals surface area contributed by atoms with Gasteiger partial charge in [0.05, 0.1) is 6.61 Å². The molecule has 1 saturated heterocycles. The Morgan fingerprint density at radius 2 is 2.20 bits per heavy atom. The molecule has 1 amide bonds. The summed E-state index contributed by atoms with van der Waals surface area (Å²) in [6.07, 6.45) is 1.97. The molecule has 1 heterocycles. The molecule has 1 aliphatic rings. The van der Waals surface area contributed by atoms with Crippen molar-refractivity contribution >= 4 is 11.6 Å². The maximum Gasteiger partial charge on any atom is 0.251 e. The lowest BCUT2D eigenvalue weighted by molar-refractivity contribution is 0.0893. The first-order valence-corrected chi connectivity index (χ1v) is 7.06. The summed E-state index contributed by atoms with van der Waals surface area (Å²) >= 11 is 0. The molecule has 5 nitrogen and oxygen atoms in total. The third-order valence-electron chi connectivity index (χ3n) is 3.68. The molecule has 20 heavy (non-hydrogen) atoms. The van der Waals surface area contributed by atoms with Crippen molar-refractivity contribution in [1.29, 1.82) is 0 Å². The molecule has 0 spiro atoms. The summed E-state index contributed by atoms with van der Waals surface area (Å²) in [7, 11) is 1.72. The molecule has 110 valence electrons. The highest BCUT2D eigenvalue weighted by atomic mass is 16.5. The van der Waals surface area contributed by atoms with Crippen molar-refractivity contribution in [3.05, 3.63) is 29.8 Å². The maximum absolute atomic E-state index is 12.1. The second-order valence-corrected chi connectivity index (χ2v) is 5.21. The van der Waals surface area contributed by atoms with Gasteiger partial charge in [0.1, 0.15) is 0 Å². The van der Waals surface area contributed by atoms with Crippen molar-refractivity contribution in [2.75, 3.05) is 39.1 Å². The Labute approximate surface area is 120 Å². The minimum Gasteiger partial charge on any atom is -0.399 e. The third kappa shape index (κ3) is 4.21. The van der Waals surface area contributed by atoms with Crippen LogP contribution in [-0.4, -0.2) is 50.2 Å². The van der Waals surface area contributed by atoms with Crippen molar-refractivity contribution in [3.8, 4) is 0 Å². The van der Waals surface area contributed by atoms with Gasteiger partial charge >= 0.3 is 0 Å². The summed E-state index contributed by atoms with van der Waals surface area (Å²) in [6, 6.07) is 7.34. The number of benzene rings is 1. The molecule has 1 fully saturated rings. The van der Waals surface area contributed by atoms with E-state index in [1.165, 1.54) is 0 Å². The van der Waals surface area contributed by atoms with Crippen LogP contribution in [0.5, 0.6) is 0 Å². The quantitative estimate of drug-likeness (QED) is 0.791. The van der Waals surface area contributed by atoms with Crippen LogP contribution in [0, 0.1) is 0 Å². The van der Waals surface area contributed by atoms with Crippen molar-refractivity contribution in [1.82, 2.24) is 10.2 Å². The molecule has 0 unspecified atom stereocenters.